The van der Waals surface area contributed by atoms with Crippen molar-refractivity contribution in [1.29, 1.82) is 0 Å². The Hall–Kier alpha value is -1.49. The van der Waals surface area contributed by atoms with Crippen LogP contribution in [0.2, 0.25) is 0 Å². The molecule has 0 bridgehead atoms. The van der Waals surface area contributed by atoms with Gasteiger partial charge in [0.2, 0.25) is 0 Å². The molecule has 1 aromatic rings. The maximum absolute atomic E-state index is 11.7. The Morgan fingerprint density at radius 2 is 2.21 bits per heavy atom. The minimum absolute atomic E-state index is 0.180. The number of carbonyl (C=O) groups is 1. The van der Waals surface area contributed by atoms with Crippen LogP contribution in [0.3, 0.4) is 0 Å². The third kappa shape index (κ3) is 3.99. The Morgan fingerprint density at radius 1 is 1.47 bits per heavy atom. The normalized spacial score (nSPS) is 18.0. The van der Waals surface area contributed by atoms with Gasteiger partial charge in [0.1, 0.15) is 6.10 Å². The molecule has 2 rings (SSSR count). The summed E-state index contributed by atoms with van der Waals surface area (Å²) in [7, 11) is 1.88. The fourth-order valence-corrected chi connectivity index (χ4v) is 2.60. The monoisotopic (exact) mass is 265 g/mol. The van der Waals surface area contributed by atoms with Gasteiger partial charge in [0.25, 0.3) is 0 Å². The molecule has 0 saturated heterocycles. The fraction of sp³-hybridized carbons (Fsp3) is 0.643. The van der Waals surface area contributed by atoms with Crippen LogP contribution in [0.4, 0.5) is 4.79 Å². The zero-order valence-corrected chi connectivity index (χ0v) is 11.4. The van der Waals surface area contributed by atoms with E-state index in [-0.39, 0.29) is 12.6 Å². The highest BCUT2D eigenvalue weighted by Gasteiger charge is 2.16. The Labute approximate surface area is 114 Å². The smallest absolute Gasteiger partial charge is 0.315 e. The second-order valence-corrected chi connectivity index (χ2v) is 5.25. The zero-order valence-electron chi connectivity index (χ0n) is 11.4. The average molecular weight is 265 g/mol. The molecule has 5 heteroatoms. The van der Waals surface area contributed by atoms with E-state index in [1.807, 2.05) is 29.9 Å². The molecule has 106 valence electrons. The molecule has 0 aliphatic heterocycles. The van der Waals surface area contributed by atoms with Crippen LogP contribution in [0.25, 0.3) is 0 Å². The largest absolute Gasteiger partial charge is 0.385 e. The lowest BCUT2D eigenvalue weighted by Gasteiger charge is -2.23. The molecule has 1 saturated carbocycles. The third-order valence-electron chi connectivity index (χ3n) is 3.72. The van der Waals surface area contributed by atoms with Crippen LogP contribution in [-0.4, -0.2) is 28.3 Å². The van der Waals surface area contributed by atoms with Gasteiger partial charge in [-0.05, 0) is 25.0 Å². The third-order valence-corrected chi connectivity index (χ3v) is 3.72. The summed E-state index contributed by atoms with van der Waals surface area (Å²) in [6.07, 6.45) is 6.99. The van der Waals surface area contributed by atoms with Gasteiger partial charge in [-0.1, -0.05) is 19.3 Å². The van der Waals surface area contributed by atoms with Crippen molar-refractivity contribution in [2.24, 2.45) is 7.05 Å². The van der Waals surface area contributed by atoms with E-state index in [1.54, 1.807) is 0 Å². The minimum Gasteiger partial charge on any atom is -0.385 e. The van der Waals surface area contributed by atoms with Crippen LogP contribution < -0.4 is 10.6 Å². The molecule has 1 fully saturated rings. The predicted molar refractivity (Wildman–Crippen MR) is 73.8 cm³/mol. The van der Waals surface area contributed by atoms with Gasteiger partial charge in [-0.25, -0.2) is 4.79 Å². The molecular weight excluding hydrogens is 242 g/mol. The number of urea groups is 1. The summed E-state index contributed by atoms with van der Waals surface area (Å²) in [5.74, 6) is 0. The fourth-order valence-electron chi connectivity index (χ4n) is 2.60. The van der Waals surface area contributed by atoms with E-state index in [4.69, 9.17) is 0 Å². The van der Waals surface area contributed by atoms with E-state index in [1.165, 1.54) is 19.3 Å². The zero-order chi connectivity index (χ0) is 13.7. The number of aryl methyl sites for hydroxylation is 1. The molecule has 19 heavy (non-hydrogen) atoms. The molecule has 1 aliphatic rings. The lowest BCUT2D eigenvalue weighted by atomic mass is 9.96. The minimum atomic E-state index is -0.669. The highest BCUT2D eigenvalue weighted by molar-refractivity contribution is 5.74. The first-order chi connectivity index (χ1) is 9.16. The second kappa shape index (κ2) is 6.61. The number of nitrogens with one attached hydrogen (secondary N) is 2. The van der Waals surface area contributed by atoms with E-state index in [9.17, 15) is 9.90 Å². The van der Waals surface area contributed by atoms with Gasteiger partial charge >= 0.3 is 6.03 Å². The summed E-state index contributed by atoms with van der Waals surface area (Å²) in [6, 6.07) is 3.84. The van der Waals surface area contributed by atoms with Crippen LogP contribution in [0.15, 0.2) is 18.3 Å². The number of carbonyl (C=O) groups excluding carboxylic acids is 1. The number of aromatic nitrogens is 1. The average Bonchev–Trinajstić information content (AvgIpc) is 2.83. The standard InChI is InChI=1S/C14H23N3O2/c1-17-9-5-8-12(17)13(18)10-15-14(19)16-11-6-3-2-4-7-11/h5,8-9,11,13,18H,2-4,6-7,10H2,1H3,(H2,15,16,19)/t13-/m1/s1. The summed E-state index contributed by atoms with van der Waals surface area (Å²) in [5.41, 5.74) is 0.804. The van der Waals surface area contributed by atoms with Gasteiger partial charge in [0.15, 0.2) is 0 Å². The lowest BCUT2D eigenvalue weighted by molar-refractivity contribution is 0.165. The van der Waals surface area contributed by atoms with Crippen molar-refractivity contribution < 1.29 is 9.90 Å². The number of hydrogen-bond donors (Lipinski definition) is 3. The number of aliphatic hydroxyl groups is 1. The van der Waals surface area contributed by atoms with Gasteiger partial charge in [0, 0.05) is 25.0 Å². The first-order valence-corrected chi connectivity index (χ1v) is 7.00. The topological polar surface area (TPSA) is 66.3 Å². The van der Waals surface area contributed by atoms with Crippen molar-refractivity contribution in [3.63, 3.8) is 0 Å². The van der Waals surface area contributed by atoms with E-state index >= 15 is 0 Å². The van der Waals surface area contributed by atoms with E-state index < -0.39 is 6.10 Å². The van der Waals surface area contributed by atoms with E-state index in [2.05, 4.69) is 10.6 Å². The number of amides is 2. The van der Waals surface area contributed by atoms with Gasteiger partial charge in [-0.2, -0.15) is 0 Å². The van der Waals surface area contributed by atoms with Crippen LogP contribution in [-0.2, 0) is 7.05 Å². The molecule has 1 aliphatic carbocycles. The molecule has 1 atom stereocenters. The molecule has 1 aromatic heterocycles. The summed E-state index contributed by atoms with van der Waals surface area (Å²) >= 11 is 0. The van der Waals surface area contributed by atoms with Gasteiger partial charge in [0.05, 0.1) is 6.54 Å². The second-order valence-electron chi connectivity index (χ2n) is 5.25. The highest BCUT2D eigenvalue weighted by Crippen LogP contribution is 2.17. The molecule has 0 radical (unpaired) electrons. The van der Waals surface area contributed by atoms with Crippen LogP contribution in [0.5, 0.6) is 0 Å². The molecule has 3 N–H and O–H groups in total. The highest BCUT2D eigenvalue weighted by atomic mass is 16.3. The van der Waals surface area contributed by atoms with Crippen molar-refractivity contribution in [3.05, 3.63) is 24.0 Å². The SMILES string of the molecule is Cn1cccc1[C@H](O)CNC(=O)NC1CCCCC1. The Balaban J connectivity index is 1.72. The molecule has 0 aromatic carbocycles. The Bertz CT molecular complexity index is 411. The first kappa shape index (κ1) is 13.9. The van der Waals surface area contributed by atoms with Gasteiger partial charge in [-0.15, -0.1) is 0 Å². The molecule has 0 spiro atoms. The molecule has 0 unspecified atom stereocenters. The van der Waals surface area contributed by atoms with Gasteiger partial charge < -0.3 is 20.3 Å². The summed E-state index contributed by atoms with van der Waals surface area (Å²) < 4.78 is 1.85. The van der Waals surface area contributed by atoms with E-state index in [0.717, 1.165) is 18.5 Å². The quantitative estimate of drug-likeness (QED) is 0.775. The van der Waals surface area contributed by atoms with Crippen LogP contribution in [0, 0.1) is 0 Å². The molecule has 2 amide bonds. The van der Waals surface area contributed by atoms with E-state index in [0.29, 0.717) is 6.04 Å². The number of aliphatic hydroxyl groups excluding tert-OH is 1. The number of rotatable bonds is 4. The predicted octanol–water partition coefficient (Wildman–Crippen LogP) is 1.69. The lowest BCUT2D eigenvalue weighted by Crippen LogP contribution is -2.44. The summed E-state index contributed by atoms with van der Waals surface area (Å²) in [5, 5.41) is 15.7. The first-order valence-electron chi connectivity index (χ1n) is 7.00. The van der Waals surface area contributed by atoms with Crippen molar-refractivity contribution in [1.82, 2.24) is 15.2 Å². The van der Waals surface area contributed by atoms with Crippen LogP contribution >= 0.6 is 0 Å². The van der Waals surface area contributed by atoms with Crippen molar-refractivity contribution in [3.8, 4) is 0 Å². The Kier molecular flexibility index (Phi) is 4.85. The van der Waals surface area contributed by atoms with Crippen molar-refractivity contribution in [2.75, 3.05) is 6.54 Å². The number of nitrogens with zero attached hydrogens (tertiary/aromatic N) is 1. The molecule has 1 heterocycles. The molecule has 5 nitrogen and oxygen atoms in total. The number of hydrogen-bond acceptors (Lipinski definition) is 2. The van der Waals surface area contributed by atoms with Gasteiger partial charge in [-0.3, -0.25) is 0 Å². The summed E-state index contributed by atoms with van der Waals surface area (Å²) in [6.45, 7) is 0.233. The maximum atomic E-state index is 11.7. The van der Waals surface area contributed by atoms with Crippen molar-refractivity contribution >= 4 is 6.03 Å². The van der Waals surface area contributed by atoms with Crippen molar-refractivity contribution in [2.45, 2.75) is 44.2 Å². The summed E-state index contributed by atoms with van der Waals surface area (Å²) in [4.78, 5) is 11.7. The molecular formula is C14H23N3O2. The van der Waals surface area contributed by atoms with Crippen LogP contribution in [0.1, 0.15) is 43.9 Å². The Morgan fingerprint density at radius 3 is 2.84 bits per heavy atom. The maximum Gasteiger partial charge on any atom is 0.315 e.